The van der Waals surface area contributed by atoms with Gasteiger partial charge in [0.15, 0.2) is 0 Å². The third-order valence-electron chi connectivity index (χ3n) is 3.96. The zero-order valence-corrected chi connectivity index (χ0v) is 15.1. The van der Waals surface area contributed by atoms with E-state index in [2.05, 4.69) is 15.3 Å². The Morgan fingerprint density at radius 2 is 2.04 bits per heavy atom. The van der Waals surface area contributed by atoms with Gasteiger partial charge in [0.1, 0.15) is 0 Å². The molecule has 2 atom stereocenters. The Labute approximate surface area is 145 Å². The molecule has 0 saturated heterocycles. The second-order valence-electron chi connectivity index (χ2n) is 6.65. The third-order valence-corrected chi connectivity index (χ3v) is 4.55. The molecule has 2 rings (SSSR count). The first-order valence-corrected chi connectivity index (χ1v) is 9.85. The van der Waals surface area contributed by atoms with Gasteiger partial charge in [0.25, 0.3) is 10.1 Å². The molecule has 0 spiro atoms. The number of hydrogen-bond acceptors (Lipinski definition) is 6. The maximum absolute atomic E-state index is 13.1. The molecule has 1 fully saturated rings. The number of halogens is 3. The minimum absolute atomic E-state index is 0.0542. The molecular weight excluding hydrogens is 359 g/mol. The van der Waals surface area contributed by atoms with Gasteiger partial charge in [-0.15, -0.1) is 0 Å². The predicted molar refractivity (Wildman–Crippen MR) is 86.6 cm³/mol. The quantitative estimate of drug-likeness (QED) is 0.732. The molecule has 1 aromatic rings. The minimum atomic E-state index is -4.51. The first-order valence-electron chi connectivity index (χ1n) is 8.03. The highest BCUT2D eigenvalue weighted by Gasteiger charge is 2.37. The second-order valence-corrected chi connectivity index (χ2v) is 8.25. The van der Waals surface area contributed by atoms with Crippen LogP contribution in [0.15, 0.2) is 6.20 Å². The summed E-state index contributed by atoms with van der Waals surface area (Å²) in [7, 11) is -3.59. The summed E-state index contributed by atoms with van der Waals surface area (Å²) in [4.78, 5) is 7.76. The summed E-state index contributed by atoms with van der Waals surface area (Å²) in [5, 5.41) is 2.88. The van der Waals surface area contributed by atoms with Crippen LogP contribution in [0.3, 0.4) is 0 Å². The van der Waals surface area contributed by atoms with Crippen molar-refractivity contribution in [3.63, 3.8) is 0 Å². The van der Waals surface area contributed by atoms with Crippen molar-refractivity contribution in [1.82, 2.24) is 9.97 Å². The van der Waals surface area contributed by atoms with Crippen LogP contribution in [-0.2, 0) is 26.9 Å². The van der Waals surface area contributed by atoms with Crippen LogP contribution in [0.2, 0.25) is 0 Å². The van der Waals surface area contributed by atoms with Crippen molar-refractivity contribution < 1.29 is 25.8 Å². The summed E-state index contributed by atoms with van der Waals surface area (Å²) in [6.45, 7) is 3.85. The van der Waals surface area contributed by atoms with Crippen LogP contribution < -0.4 is 5.32 Å². The van der Waals surface area contributed by atoms with Crippen LogP contribution in [0.1, 0.15) is 44.4 Å². The molecule has 142 valence electrons. The zero-order chi connectivity index (χ0) is 18.8. The molecule has 1 heterocycles. The monoisotopic (exact) mass is 381 g/mol. The Morgan fingerprint density at radius 1 is 1.36 bits per heavy atom. The number of alkyl halides is 3. The second kappa shape index (κ2) is 7.45. The van der Waals surface area contributed by atoms with E-state index in [0.29, 0.717) is 19.3 Å². The summed E-state index contributed by atoms with van der Waals surface area (Å²) in [6, 6.07) is -0.343. The van der Waals surface area contributed by atoms with E-state index in [0.717, 1.165) is 12.5 Å². The van der Waals surface area contributed by atoms with E-state index < -0.39 is 28.0 Å². The van der Waals surface area contributed by atoms with Gasteiger partial charge in [-0.3, -0.25) is 4.18 Å². The van der Waals surface area contributed by atoms with Crippen molar-refractivity contribution in [1.29, 1.82) is 0 Å². The SMILES string of the molecule is CC(C)CCc1nc(NC2CCC2OS(C)(=O)=O)ncc1C(F)(F)F. The lowest BCUT2D eigenvalue weighted by Gasteiger charge is -2.35. The van der Waals surface area contributed by atoms with Gasteiger partial charge < -0.3 is 5.32 Å². The molecule has 0 radical (unpaired) electrons. The standard InChI is InChI=1S/C15H22F3N3O3S/c1-9(2)4-5-11-10(15(16,17)18)8-19-14(20-11)21-12-6-7-13(12)24-25(3,22)23/h8-9,12-13H,4-7H2,1-3H3,(H,19,20,21). The highest BCUT2D eigenvalue weighted by Crippen LogP contribution is 2.33. The van der Waals surface area contributed by atoms with Gasteiger partial charge in [-0.05, 0) is 31.6 Å². The lowest BCUT2D eigenvalue weighted by Crippen LogP contribution is -2.46. The molecule has 1 aliphatic rings. The average Bonchev–Trinajstić information content (AvgIpc) is 2.45. The Morgan fingerprint density at radius 3 is 2.52 bits per heavy atom. The lowest BCUT2D eigenvalue weighted by molar-refractivity contribution is -0.138. The molecule has 1 saturated carbocycles. The van der Waals surface area contributed by atoms with Crippen LogP contribution in [0.5, 0.6) is 0 Å². The summed E-state index contributed by atoms with van der Waals surface area (Å²) >= 11 is 0. The van der Waals surface area contributed by atoms with Crippen molar-refractivity contribution in [3.05, 3.63) is 17.5 Å². The summed E-state index contributed by atoms with van der Waals surface area (Å²) in [6.07, 6.45) is -1.39. The van der Waals surface area contributed by atoms with Gasteiger partial charge in [-0.2, -0.15) is 21.6 Å². The fourth-order valence-electron chi connectivity index (χ4n) is 2.48. The Hall–Kier alpha value is -1.42. The summed E-state index contributed by atoms with van der Waals surface area (Å²) in [5.41, 5.74) is -0.894. The third kappa shape index (κ3) is 5.81. The van der Waals surface area contributed by atoms with Crippen molar-refractivity contribution in [2.75, 3.05) is 11.6 Å². The van der Waals surface area contributed by atoms with Gasteiger partial charge in [-0.25, -0.2) is 9.97 Å². The summed E-state index contributed by atoms with van der Waals surface area (Å²) in [5.74, 6) is 0.296. The van der Waals surface area contributed by atoms with Crippen molar-refractivity contribution in [2.24, 2.45) is 5.92 Å². The molecule has 0 amide bonds. The largest absolute Gasteiger partial charge is 0.419 e. The average molecular weight is 381 g/mol. The molecule has 1 aromatic heterocycles. The number of anilines is 1. The number of hydrogen-bond donors (Lipinski definition) is 1. The molecule has 2 unspecified atom stereocenters. The van der Waals surface area contributed by atoms with E-state index >= 15 is 0 Å². The Bertz CT molecular complexity index is 708. The van der Waals surface area contributed by atoms with Gasteiger partial charge in [0.2, 0.25) is 5.95 Å². The molecule has 1 aliphatic carbocycles. The highest BCUT2D eigenvalue weighted by atomic mass is 32.2. The van der Waals surface area contributed by atoms with Crippen LogP contribution in [0, 0.1) is 5.92 Å². The molecule has 6 nitrogen and oxygen atoms in total. The molecule has 1 N–H and O–H groups in total. The summed E-state index contributed by atoms with van der Waals surface area (Å²) < 4.78 is 66.6. The smallest absolute Gasteiger partial charge is 0.349 e. The Kier molecular flexibility index (Phi) is 5.93. The number of nitrogens with zero attached hydrogens (tertiary/aromatic N) is 2. The van der Waals surface area contributed by atoms with Crippen LogP contribution in [0.4, 0.5) is 19.1 Å². The topological polar surface area (TPSA) is 81.2 Å². The normalized spacial score (nSPS) is 21.2. The predicted octanol–water partition coefficient (Wildman–Crippen LogP) is 3.00. The first kappa shape index (κ1) is 19.9. The van der Waals surface area contributed by atoms with Crippen LogP contribution in [-0.4, -0.2) is 36.8 Å². The van der Waals surface area contributed by atoms with E-state index in [-0.39, 0.29) is 30.0 Å². The lowest BCUT2D eigenvalue weighted by atomic mass is 9.89. The number of aromatic nitrogens is 2. The fraction of sp³-hybridized carbons (Fsp3) is 0.733. The molecule has 0 aromatic carbocycles. The molecule has 0 aliphatic heterocycles. The maximum Gasteiger partial charge on any atom is 0.419 e. The number of aryl methyl sites for hydroxylation is 1. The van der Waals surface area contributed by atoms with Gasteiger partial charge in [0.05, 0.1) is 29.7 Å². The van der Waals surface area contributed by atoms with E-state index in [9.17, 15) is 21.6 Å². The zero-order valence-electron chi connectivity index (χ0n) is 14.3. The maximum atomic E-state index is 13.1. The fourth-order valence-corrected chi connectivity index (χ4v) is 3.16. The van der Waals surface area contributed by atoms with E-state index in [1.165, 1.54) is 0 Å². The minimum Gasteiger partial charge on any atom is -0.349 e. The Balaban J connectivity index is 2.15. The first-order chi connectivity index (χ1) is 11.5. The number of nitrogens with one attached hydrogen (secondary N) is 1. The molecule has 10 heteroatoms. The van der Waals surface area contributed by atoms with Gasteiger partial charge in [0, 0.05) is 6.20 Å². The van der Waals surface area contributed by atoms with E-state index in [1.54, 1.807) is 0 Å². The molecular formula is C15H22F3N3O3S. The van der Waals surface area contributed by atoms with Crippen LogP contribution >= 0.6 is 0 Å². The van der Waals surface area contributed by atoms with Crippen molar-refractivity contribution in [2.45, 2.75) is 57.9 Å². The van der Waals surface area contributed by atoms with E-state index in [1.807, 2.05) is 13.8 Å². The molecule has 25 heavy (non-hydrogen) atoms. The van der Waals surface area contributed by atoms with Gasteiger partial charge >= 0.3 is 6.18 Å². The molecule has 0 bridgehead atoms. The van der Waals surface area contributed by atoms with Crippen molar-refractivity contribution in [3.8, 4) is 0 Å². The van der Waals surface area contributed by atoms with Crippen molar-refractivity contribution >= 4 is 16.1 Å². The number of rotatable bonds is 7. The van der Waals surface area contributed by atoms with Crippen LogP contribution in [0.25, 0.3) is 0 Å². The van der Waals surface area contributed by atoms with E-state index in [4.69, 9.17) is 4.18 Å². The highest BCUT2D eigenvalue weighted by molar-refractivity contribution is 7.86. The van der Waals surface area contributed by atoms with Gasteiger partial charge in [-0.1, -0.05) is 13.8 Å².